The molecule has 5 saturated carbocycles. The minimum atomic E-state index is 0.809. The van der Waals surface area contributed by atoms with Gasteiger partial charge in [0.1, 0.15) is 0 Å². The maximum absolute atomic E-state index is 2.60. The third-order valence-corrected chi connectivity index (χ3v) is 6.32. The lowest BCUT2D eigenvalue weighted by molar-refractivity contribution is -0.0920. The molecule has 0 atom stereocenters. The molecule has 4 bridgehead atoms. The van der Waals surface area contributed by atoms with Gasteiger partial charge in [0.15, 0.2) is 0 Å². The highest BCUT2D eigenvalue weighted by molar-refractivity contribution is 5.12. The van der Waals surface area contributed by atoms with Crippen LogP contribution in [0.15, 0.2) is 0 Å². The zero-order chi connectivity index (χ0) is 9.39. The molecule has 0 saturated heterocycles. The molecule has 0 nitrogen and oxygen atoms in total. The Bertz CT molecular complexity index is 236. The molecule has 0 aliphatic heterocycles. The van der Waals surface area contributed by atoms with E-state index >= 15 is 0 Å². The van der Waals surface area contributed by atoms with E-state index in [9.17, 15) is 0 Å². The smallest absolute Gasteiger partial charge is 0.0236 e. The predicted molar refractivity (Wildman–Crippen MR) is 57.9 cm³/mol. The molecule has 78 valence electrons. The zero-order valence-electron chi connectivity index (χ0n) is 9.39. The Labute approximate surface area is 87.5 Å². The van der Waals surface area contributed by atoms with Crippen LogP contribution in [-0.2, 0) is 0 Å². The van der Waals surface area contributed by atoms with E-state index in [0.29, 0.717) is 0 Å². The minimum Gasteiger partial charge on any atom is -0.0591 e. The Balaban J connectivity index is 1.74. The SMILES string of the molecule is CC1(C23CC4CC(CC(C4)C2)C3)CC1. The molecule has 0 amide bonds. The van der Waals surface area contributed by atoms with Crippen LogP contribution < -0.4 is 0 Å². The minimum absolute atomic E-state index is 0.809. The van der Waals surface area contributed by atoms with Crippen molar-refractivity contribution in [3.8, 4) is 0 Å². The molecule has 14 heavy (non-hydrogen) atoms. The molecule has 0 aromatic heterocycles. The Morgan fingerprint density at radius 3 is 1.57 bits per heavy atom. The Morgan fingerprint density at radius 2 is 1.21 bits per heavy atom. The van der Waals surface area contributed by atoms with E-state index in [1.54, 1.807) is 51.4 Å². The van der Waals surface area contributed by atoms with E-state index in [2.05, 4.69) is 6.92 Å². The van der Waals surface area contributed by atoms with Crippen LogP contribution >= 0.6 is 0 Å². The summed E-state index contributed by atoms with van der Waals surface area (Å²) < 4.78 is 0. The molecule has 0 aromatic carbocycles. The molecule has 0 aromatic rings. The lowest BCUT2D eigenvalue weighted by atomic mass is 9.46. The van der Waals surface area contributed by atoms with Crippen molar-refractivity contribution >= 4 is 0 Å². The first-order chi connectivity index (χ1) is 6.69. The summed E-state index contributed by atoms with van der Waals surface area (Å²) in [6.45, 7) is 2.60. The van der Waals surface area contributed by atoms with Crippen molar-refractivity contribution in [1.82, 2.24) is 0 Å². The summed E-state index contributed by atoms with van der Waals surface area (Å²) in [6.07, 6.45) is 12.8. The maximum atomic E-state index is 2.60. The van der Waals surface area contributed by atoms with E-state index in [1.165, 1.54) is 0 Å². The Hall–Kier alpha value is 0. The van der Waals surface area contributed by atoms with Crippen molar-refractivity contribution in [2.24, 2.45) is 28.6 Å². The van der Waals surface area contributed by atoms with Crippen molar-refractivity contribution in [3.05, 3.63) is 0 Å². The molecule has 0 spiro atoms. The van der Waals surface area contributed by atoms with Gasteiger partial charge in [-0.2, -0.15) is 0 Å². The third-order valence-electron chi connectivity index (χ3n) is 6.32. The van der Waals surface area contributed by atoms with E-state index in [1.807, 2.05) is 0 Å². The van der Waals surface area contributed by atoms with Crippen molar-refractivity contribution in [3.63, 3.8) is 0 Å². The summed E-state index contributed by atoms with van der Waals surface area (Å²) in [6, 6.07) is 0. The first-order valence-electron chi connectivity index (χ1n) is 6.69. The van der Waals surface area contributed by atoms with Crippen LogP contribution in [0.25, 0.3) is 0 Å². The standard InChI is InChI=1S/C14H22/c1-13(2-3-13)14-7-10-4-11(8-14)6-12(5-10)9-14/h10-12H,2-9H2,1H3. The van der Waals surface area contributed by atoms with Gasteiger partial charge in [-0.3, -0.25) is 0 Å². The predicted octanol–water partition coefficient (Wildman–Crippen LogP) is 4.00. The quantitative estimate of drug-likeness (QED) is 0.586. The molecule has 0 radical (unpaired) electrons. The van der Waals surface area contributed by atoms with Gasteiger partial charge in [0, 0.05) is 0 Å². The normalized spacial score (nSPS) is 57.6. The summed E-state index contributed by atoms with van der Waals surface area (Å²) >= 11 is 0. The Morgan fingerprint density at radius 1 is 0.786 bits per heavy atom. The fraction of sp³-hybridized carbons (Fsp3) is 1.00. The van der Waals surface area contributed by atoms with Crippen LogP contribution in [0.1, 0.15) is 58.3 Å². The summed E-state index contributed by atoms with van der Waals surface area (Å²) in [5.41, 5.74) is 1.66. The topological polar surface area (TPSA) is 0 Å². The van der Waals surface area contributed by atoms with Crippen LogP contribution in [0.3, 0.4) is 0 Å². The second-order valence-corrected chi connectivity index (χ2v) is 7.26. The number of hydrogen-bond acceptors (Lipinski definition) is 0. The van der Waals surface area contributed by atoms with Gasteiger partial charge in [-0.25, -0.2) is 0 Å². The molecule has 5 rings (SSSR count). The van der Waals surface area contributed by atoms with E-state index in [0.717, 1.165) is 28.6 Å². The fourth-order valence-corrected chi connectivity index (χ4v) is 5.57. The van der Waals surface area contributed by atoms with Crippen LogP contribution in [0.5, 0.6) is 0 Å². The summed E-state index contributed by atoms with van der Waals surface area (Å²) in [7, 11) is 0. The van der Waals surface area contributed by atoms with E-state index in [-0.39, 0.29) is 0 Å². The van der Waals surface area contributed by atoms with E-state index < -0.39 is 0 Å². The number of hydrogen-bond donors (Lipinski definition) is 0. The summed E-state index contributed by atoms with van der Waals surface area (Å²) in [5, 5.41) is 0. The summed E-state index contributed by atoms with van der Waals surface area (Å²) in [4.78, 5) is 0. The Kier molecular flexibility index (Phi) is 1.30. The second kappa shape index (κ2) is 2.23. The van der Waals surface area contributed by atoms with Crippen LogP contribution in [0.4, 0.5) is 0 Å². The molecule has 0 heteroatoms. The lowest BCUT2D eigenvalue weighted by Crippen LogP contribution is -2.49. The second-order valence-electron chi connectivity index (χ2n) is 7.26. The van der Waals surface area contributed by atoms with Gasteiger partial charge in [-0.1, -0.05) is 6.92 Å². The van der Waals surface area contributed by atoms with Gasteiger partial charge in [-0.05, 0) is 80.0 Å². The largest absolute Gasteiger partial charge is 0.0591 e. The average Bonchev–Trinajstić information content (AvgIpc) is 2.82. The van der Waals surface area contributed by atoms with Gasteiger partial charge >= 0.3 is 0 Å². The molecule has 5 fully saturated rings. The average molecular weight is 190 g/mol. The molecular formula is C14H22. The molecule has 5 aliphatic rings. The van der Waals surface area contributed by atoms with Crippen LogP contribution in [0.2, 0.25) is 0 Å². The van der Waals surface area contributed by atoms with Crippen molar-refractivity contribution in [2.45, 2.75) is 58.3 Å². The number of rotatable bonds is 1. The fourth-order valence-electron chi connectivity index (χ4n) is 5.57. The van der Waals surface area contributed by atoms with E-state index in [4.69, 9.17) is 0 Å². The molecule has 0 N–H and O–H groups in total. The summed E-state index contributed by atoms with van der Waals surface area (Å²) in [5.74, 6) is 3.45. The van der Waals surface area contributed by atoms with Gasteiger partial charge < -0.3 is 0 Å². The molecule has 5 aliphatic carbocycles. The van der Waals surface area contributed by atoms with Gasteiger partial charge in [-0.15, -0.1) is 0 Å². The molecule has 0 heterocycles. The van der Waals surface area contributed by atoms with Crippen molar-refractivity contribution in [1.29, 1.82) is 0 Å². The third kappa shape index (κ3) is 0.864. The highest BCUT2D eigenvalue weighted by Crippen LogP contribution is 2.72. The first-order valence-corrected chi connectivity index (χ1v) is 6.69. The molecule has 0 unspecified atom stereocenters. The van der Waals surface area contributed by atoms with Crippen molar-refractivity contribution in [2.75, 3.05) is 0 Å². The zero-order valence-corrected chi connectivity index (χ0v) is 9.39. The monoisotopic (exact) mass is 190 g/mol. The lowest BCUT2D eigenvalue weighted by Gasteiger charge is -2.59. The highest BCUT2D eigenvalue weighted by Gasteiger charge is 2.62. The van der Waals surface area contributed by atoms with Crippen molar-refractivity contribution < 1.29 is 0 Å². The molecular weight excluding hydrogens is 168 g/mol. The van der Waals surface area contributed by atoms with Gasteiger partial charge in [0.25, 0.3) is 0 Å². The highest BCUT2D eigenvalue weighted by atomic mass is 14.7. The van der Waals surface area contributed by atoms with Gasteiger partial charge in [0.2, 0.25) is 0 Å². The van der Waals surface area contributed by atoms with Crippen LogP contribution in [-0.4, -0.2) is 0 Å². The van der Waals surface area contributed by atoms with Crippen LogP contribution in [0, 0.1) is 28.6 Å². The first kappa shape index (κ1) is 8.19. The maximum Gasteiger partial charge on any atom is -0.0236 e. The van der Waals surface area contributed by atoms with Gasteiger partial charge in [0.05, 0.1) is 0 Å².